The van der Waals surface area contributed by atoms with Crippen molar-refractivity contribution in [1.82, 2.24) is 19.1 Å². The number of benzene rings is 1. The molecule has 11 heteroatoms. The number of aliphatic hydroxyl groups excluding tert-OH is 1. The third kappa shape index (κ3) is 6.82. The fraction of sp³-hybridized carbons (Fsp3) is 0.481. The number of pyridine rings is 1. The molecule has 1 aliphatic rings. The molecule has 0 spiro atoms. The summed E-state index contributed by atoms with van der Waals surface area (Å²) in [5.74, 6) is 5.98. The lowest BCUT2D eigenvalue weighted by Crippen LogP contribution is -2.50. The average molecular weight is 545 g/mol. The van der Waals surface area contributed by atoms with Crippen LogP contribution in [0, 0.1) is 17.8 Å². The number of carbonyl (C=O) groups is 1. The van der Waals surface area contributed by atoms with E-state index in [4.69, 9.17) is 9.47 Å². The minimum absolute atomic E-state index is 0.0156. The van der Waals surface area contributed by atoms with Crippen LogP contribution in [-0.2, 0) is 10.0 Å². The highest BCUT2D eigenvalue weighted by Gasteiger charge is 2.36. The molecule has 1 amide bonds. The summed E-state index contributed by atoms with van der Waals surface area (Å²) in [6.07, 6.45) is 0.910. The van der Waals surface area contributed by atoms with Crippen molar-refractivity contribution in [2.24, 2.45) is 5.92 Å². The van der Waals surface area contributed by atoms with Gasteiger partial charge in [-0.1, -0.05) is 24.8 Å². The highest BCUT2D eigenvalue weighted by atomic mass is 32.2. The molecule has 2 heterocycles. The second kappa shape index (κ2) is 12.6. The van der Waals surface area contributed by atoms with Crippen molar-refractivity contribution >= 4 is 15.9 Å². The lowest BCUT2D eigenvalue weighted by molar-refractivity contribution is 0.0373. The fourth-order valence-corrected chi connectivity index (χ4v) is 5.20. The SMILES string of the molecule is COc1cccc(S(=O)(=O)N(C)C[C@H]2Oc3ncc(C#CCN(C)C)cc3C(=O)N([C@H](C)CO)C[C@H]2C)c1. The molecule has 1 aromatic heterocycles. The Kier molecular flexibility index (Phi) is 9.73. The summed E-state index contributed by atoms with van der Waals surface area (Å²) in [5.41, 5.74) is 0.777. The van der Waals surface area contributed by atoms with Gasteiger partial charge in [-0.3, -0.25) is 9.69 Å². The van der Waals surface area contributed by atoms with E-state index >= 15 is 0 Å². The molecule has 1 aliphatic heterocycles. The number of likely N-dealkylation sites (N-methyl/N-ethyl adjacent to an activating group) is 1. The van der Waals surface area contributed by atoms with Gasteiger partial charge in [0.15, 0.2) is 0 Å². The van der Waals surface area contributed by atoms with Gasteiger partial charge in [0.2, 0.25) is 15.9 Å². The first-order valence-electron chi connectivity index (χ1n) is 12.3. The zero-order valence-corrected chi connectivity index (χ0v) is 23.5. The van der Waals surface area contributed by atoms with E-state index in [2.05, 4.69) is 16.8 Å². The molecule has 0 aliphatic carbocycles. The van der Waals surface area contributed by atoms with Gasteiger partial charge < -0.3 is 19.5 Å². The average Bonchev–Trinajstić information content (AvgIpc) is 2.90. The number of fused-ring (bicyclic) bond motifs is 1. The van der Waals surface area contributed by atoms with E-state index in [1.807, 2.05) is 25.9 Å². The summed E-state index contributed by atoms with van der Waals surface area (Å²) < 4.78 is 39.3. The number of aromatic nitrogens is 1. The zero-order valence-electron chi connectivity index (χ0n) is 22.7. The largest absolute Gasteiger partial charge is 0.497 e. The topological polar surface area (TPSA) is 113 Å². The number of ether oxygens (including phenoxy) is 2. The smallest absolute Gasteiger partial charge is 0.259 e. The second-order valence-corrected chi connectivity index (χ2v) is 11.7. The predicted molar refractivity (Wildman–Crippen MR) is 144 cm³/mol. The van der Waals surface area contributed by atoms with Crippen LogP contribution in [-0.4, -0.2) is 105 Å². The minimum atomic E-state index is -3.85. The van der Waals surface area contributed by atoms with E-state index in [-0.39, 0.29) is 47.9 Å². The zero-order chi connectivity index (χ0) is 28.0. The molecule has 1 aromatic carbocycles. The van der Waals surface area contributed by atoms with Crippen LogP contribution in [0.15, 0.2) is 41.4 Å². The Labute approximate surface area is 225 Å². The number of aliphatic hydroxyl groups is 1. The molecule has 3 atom stereocenters. The number of rotatable bonds is 8. The molecular formula is C27H36N4O6S. The Morgan fingerprint density at radius 3 is 2.68 bits per heavy atom. The fourth-order valence-electron chi connectivity index (χ4n) is 3.98. The molecule has 10 nitrogen and oxygen atoms in total. The molecule has 38 heavy (non-hydrogen) atoms. The first-order valence-corrected chi connectivity index (χ1v) is 13.7. The van der Waals surface area contributed by atoms with Crippen LogP contribution in [0.3, 0.4) is 0 Å². The Balaban J connectivity index is 1.97. The second-order valence-electron chi connectivity index (χ2n) is 9.70. The molecule has 0 bridgehead atoms. The number of methoxy groups -OCH3 is 1. The van der Waals surface area contributed by atoms with Crippen molar-refractivity contribution in [3.63, 3.8) is 0 Å². The maximum Gasteiger partial charge on any atom is 0.259 e. The van der Waals surface area contributed by atoms with Crippen molar-refractivity contribution in [2.75, 3.05) is 54.5 Å². The van der Waals surface area contributed by atoms with Crippen molar-refractivity contribution in [3.8, 4) is 23.5 Å². The van der Waals surface area contributed by atoms with Crippen LogP contribution in [0.4, 0.5) is 0 Å². The number of hydrogen-bond acceptors (Lipinski definition) is 8. The van der Waals surface area contributed by atoms with Crippen molar-refractivity contribution in [3.05, 3.63) is 47.7 Å². The van der Waals surface area contributed by atoms with Gasteiger partial charge in [0.05, 0.1) is 37.7 Å². The van der Waals surface area contributed by atoms with Gasteiger partial charge in [-0.2, -0.15) is 4.31 Å². The summed E-state index contributed by atoms with van der Waals surface area (Å²) in [6, 6.07) is 7.44. The summed E-state index contributed by atoms with van der Waals surface area (Å²) in [5, 5.41) is 9.85. The third-order valence-corrected chi connectivity index (χ3v) is 8.15. The number of nitrogens with zero attached hydrogens (tertiary/aromatic N) is 4. The molecule has 0 saturated heterocycles. The van der Waals surface area contributed by atoms with Gasteiger partial charge >= 0.3 is 0 Å². The molecule has 2 aromatic rings. The lowest BCUT2D eigenvalue weighted by Gasteiger charge is -2.37. The summed E-state index contributed by atoms with van der Waals surface area (Å²) in [4.78, 5) is 21.5. The summed E-state index contributed by atoms with van der Waals surface area (Å²) in [7, 11) is 2.93. The van der Waals surface area contributed by atoms with Gasteiger partial charge in [0.1, 0.15) is 17.4 Å². The summed E-state index contributed by atoms with van der Waals surface area (Å²) >= 11 is 0. The predicted octanol–water partition coefficient (Wildman–Crippen LogP) is 1.54. The maximum atomic E-state index is 13.5. The van der Waals surface area contributed by atoms with Gasteiger partial charge in [-0.05, 0) is 39.2 Å². The van der Waals surface area contributed by atoms with Gasteiger partial charge in [0.25, 0.3) is 5.91 Å². The van der Waals surface area contributed by atoms with Crippen LogP contribution >= 0.6 is 0 Å². The van der Waals surface area contributed by atoms with Crippen LogP contribution in [0.25, 0.3) is 0 Å². The van der Waals surface area contributed by atoms with Gasteiger partial charge in [0, 0.05) is 37.3 Å². The molecule has 0 radical (unpaired) electrons. The third-order valence-electron chi connectivity index (χ3n) is 6.34. The monoisotopic (exact) mass is 544 g/mol. The molecule has 0 fully saturated rings. The van der Waals surface area contributed by atoms with E-state index in [0.717, 1.165) is 0 Å². The van der Waals surface area contributed by atoms with Crippen molar-refractivity contribution in [1.29, 1.82) is 0 Å². The first kappa shape index (κ1) is 29.4. The van der Waals surface area contributed by atoms with Crippen molar-refractivity contribution in [2.45, 2.75) is 30.9 Å². The van der Waals surface area contributed by atoms with E-state index in [1.165, 1.54) is 36.8 Å². The van der Waals surface area contributed by atoms with Gasteiger partial charge in [-0.15, -0.1) is 0 Å². The number of hydrogen-bond donors (Lipinski definition) is 1. The Hall–Kier alpha value is -3.17. The van der Waals surface area contributed by atoms with E-state index in [1.54, 1.807) is 30.0 Å². The highest BCUT2D eigenvalue weighted by molar-refractivity contribution is 7.89. The molecule has 206 valence electrons. The highest BCUT2D eigenvalue weighted by Crippen LogP contribution is 2.28. The number of amides is 1. The lowest BCUT2D eigenvalue weighted by atomic mass is 10.0. The Morgan fingerprint density at radius 1 is 1.29 bits per heavy atom. The molecular weight excluding hydrogens is 508 g/mol. The molecule has 0 unspecified atom stereocenters. The first-order chi connectivity index (χ1) is 18.0. The normalized spacial score (nSPS) is 18.7. The minimum Gasteiger partial charge on any atom is -0.497 e. The van der Waals surface area contributed by atoms with Crippen LogP contribution in [0.2, 0.25) is 0 Å². The van der Waals surface area contributed by atoms with E-state index < -0.39 is 22.2 Å². The Morgan fingerprint density at radius 2 is 2.03 bits per heavy atom. The molecule has 3 rings (SSSR count). The Bertz CT molecular complexity index is 1300. The standard InChI is InChI=1S/C27H36N4O6S/c1-19-16-31(20(2)18-32)27(33)24-13-21(9-8-12-29(3)4)15-28-26(24)37-25(19)17-30(5)38(34,35)23-11-7-10-22(14-23)36-6/h7,10-11,13-15,19-20,25,32H,12,16-18H2,1-6H3/t19-,20-,25-/m1/s1. The maximum absolute atomic E-state index is 13.5. The number of sulfonamides is 1. The van der Waals surface area contributed by atoms with E-state index in [9.17, 15) is 18.3 Å². The molecule has 0 saturated carbocycles. The number of carbonyl (C=O) groups excluding carboxylic acids is 1. The van der Waals surface area contributed by atoms with Crippen LogP contribution in [0.1, 0.15) is 29.8 Å². The molecule has 1 N–H and O–H groups in total. The van der Waals surface area contributed by atoms with Crippen LogP contribution in [0.5, 0.6) is 11.6 Å². The van der Waals surface area contributed by atoms with Crippen LogP contribution < -0.4 is 9.47 Å². The van der Waals surface area contributed by atoms with E-state index in [0.29, 0.717) is 17.9 Å². The van der Waals surface area contributed by atoms with Crippen molar-refractivity contribution < 1.29 is 27.8 Å². The quantitative estimate of drug-likeness (QED) is 0.498. The van der Waals surface area contributed by atoms with Gasteiger partial charge in [-0.25, -0.2) is 13.4 Å². The summed E-state index contributed by atoms with van der Waals surface area (Å²) in [6.45, 7) is 4.24.